The van der Waals surface area contributed by atoms with Gasteiger partial charge in [0.15, 0.2) is 18.1 Å². The van der Waals surface area contributed by atoms with Crippen molar-refractivity contribution in [1.29, 1.82) is 0 Å². The number of imidazole rings is 1. The second kappa shape index (κ2) is 13.5. The van der Waals surface area contributed by atoms with E-state index in [9.17, 15) is 18.8 Å². The average Bonchev–Trinajstić information content (AvgIpc) is 3.36. The van der Waals surface area contributed by atoms with E-state index in [4.69, 9.17) is 14.2 Å². The molecule has 4 bridgehead atoms. The fourth-order valence-corrected chi connectivity index (χ4v) is 5.96. The highest BCUT2D eigenvalue weighted by Gasteiger charge is 2.35. The first-order valence-electron chi connectivity index (χ1n) is 15.3. The number of hydrogen-bond acceptors (Lipinski definition) is 7. The molecule has 2 aliphatic heterocycles. The van der Waals surface area contributed by atoms with E-state index in [-0.39, 0.29) is 50.2 Å². The normalized spacial score (nSPS) is 19.1. The number of benzene rings is 3. The Morgan fingerprint density at radius 3 is 2.76 bits per heavy atom. The summed E-state index contributed by atoms with van der Waals surface area (Å²) in [6.07, 6.45) is 0.461. The Labute approximate surface area is 265 Å². The lowest BCUT2D eigenvalue weighted by atomic mass is 10.0. The highest BCUT2D eigenvalue weighted by atomic mass is 19.1. The summed E-state index contributed by atoms with van der Waals surface area (Å²) in [5, 5.41) is 5.83. The molecule has 1 aromatic heterocycles. The van der Waals surface area contributed by atoms with Crippen molar-refractivity contribution in [2.24, 2.45) is 0 Å². The molecule has 0 spiro atoms. The molecule has 0 saturated carbocycles. The Bertz CT molecular complexity index is 1770. The molecule has 6 rings (SSSR count). The Balaban J connectivity index is 1.25. The lowest BCUT2D eigenvalue weighted by molar-refractivity contribution is -0.136. The van der Waals surface area contributed by atoms with E-state index in [1.54, 1.807) is 23.1 Å². The van der Waals surface area contributed by atoms with Gasteiger partial charge in [-0.25, -0.2) is 9.37 Å². The minimum atomic E-state index is -0.618. The number of amides is 3. The van der Waals surface area contributed by atoms with Crippen molar-refractivity contribution in [3.8, 4) is 17.2 Å². The van der Waals surface area contributed by atoms with Crippen LogP contribution in [0.2, 0.25) is 0 Å². The zero-order chi connectivity index (χ0) is 32.2. The third-order valence-corrected chi connectivity index (χ3v) is 8.32. The van der Waals surface area contributed by atoms with Gasteiger partial charge in [-0.2, -0.15) is 0 Å². The van der Waals surface area contributed by atoms with Gasteiger partial charge in [0.2, 0.25) is 11.8 Å². The standard InChI is InChI=1S/C34H36FN5O6/c1-21-37-26-5-3-4-6-28(26)40(21)19-34(43)39-12-11-29-27(18-39)38-33(42)20-45-31-15-22(7-9-30(31)44-2)8-10-32(41)36-17-23-13-24(35)16-25(14-23)46-29/h3-7,9,13-16,27,29H,8,10-12,17-20H2,1-2H3,(H,36,41)(H,38,42)/t27-,29-/m1/s1. The van der Waals surface area contributed by atoms with Crippen LogP contribution in [0.25, 0.3) is 11.0 Å². The predicted octanol–water partition coefficient (Wildman–Crippen LogP) is 3.30. The number of fused-ring (bicyclic) bond motifs is 6. The molecule has 0 aliphatic carbocycles. The lowest BCUT2D eigenvalue weighted by Gasteiger charge is -2.39. The third-order valence-electron chi connectivity index (χ3n) is 8.32. The Hall–Kier alpha value is -5.13. The molecule has 46 heavy (non-hydrogen) atoms. The van der Waals surface area contributed by atoms with Crippen molar-refractivity contribution < 1.29 is 33.0 Å². The number of methoxy groups -OCH3 is 1. The van der Waals surface area contributed by atoms with Gasteiger partial charge in [-0.05, 0) is 60.9 Å². The van der Waals surface area contributed by atoms with Crippen LogP contribution < -0.4 is 24.8 Å². The maximum atomic E-state index is 14.6. The number of piperidine rings is 1. The molecule has 4 aromatic rings. The van der Waals surface area contributed by atoms with Crippen LogP contribution in [-0.4, -0.2) is 71.1 Å². The van der Waals surface area contributed by atoms with E-state index in [0.717, 1.165) is 22.4 Å². The van der Waals surface area contributed by atoms with Crippen LogP contribution in [0.4, 0.5) is 4.39 Å². The van der Waals surface area contributed by atoms with Crippen LogP contribution in [0.5, 0.6) is 17.2 Å². The molecule has 3 heterocycles. The van der Waals surface area contributed by atoms with Gasteiger partial charge in [0.05, 0.1) is 24.2 Å². The van der Waals surface area contributed by atoms with Crippen molar-refractivity contribution in [2.45, 2.75) is 51.4 Å². The van der Waals surface area contributed by atoms with Gasteiger partial charge in [-0.3, -0.25) is 14.4 Å². The van der Waals surface area contributed by atoms with Gasteiger partial charge >= 0.3 is 0 Å². The van der Waals surface area contributed by atoms with Gasteiger partial charge < -0.3 is 34.3 Å². The molecule has 0 radical (unpaired) electrons. The summed E-state index contributed by atoms with van der Waals surface area (Å²) in [6, 6.07) is 16.6. The van der Waals surface area contributed by atoms with E-state index in [1.165, 1.54) is 19.2 Å². The van der Waals surface area contributed by atoms with Crippen LogP contribution in [-0.2, 0) is 33.9 Å². The van der Waals surface area contributed by atoms with Gasteiger partial charge in [-0.1, -0.05) is 18.2 Å². The maximum Gasteiger partial charge on any atom is 0.258 e. The van der Waals surface area contributed by atoms with Crippen molar-refractivity contribution in [1.82, 2.24) is 25.1 Å². The topological polar surface area (TPSA) is 124 Å². The number of nitrogens with one attached hydrogen (secondary N) is 2. The number of aryl methyl sites for hydroxylation is 2. The number of carbonyl (C=O) groups is 3. The maximum absolute atomic E-state index is 14.6. The van der Waals surface area contributed by atoms with E-state index < -0.39 is 23.9 Å². The smallest absolute Gasteiger partial charge is 0.258 e. The summed E-state index contributed by atoms with van der Waals surface area (Å²) in [5.74, 6) is 0.579. The van der Waals surface area contributed by atoms with Gasteiger partial charge in [0, 0.05) is 38.5 Å². The van der Waals surface area contributed by atoms with E-state index in [2.05, 4.69) is 15.6 Å². The fraction of sp³-hybridized carbons (Fsp3) is 0.353. The summed E-state index contributed by atoms with van der Waals surface area (Å²) < 4.78 is 34.1. The fourth-order valence-electron chi connectivity index (χ4n) is 5.96. The Kier molecular flexibility index (Phi) is 9.04. The molecule has 2 atom stereocenters. The number of halogens is 1. The molecule has 3 aromatic carbocycles. The van der Waals surface area contributed by atoms with Gasteiger partial charge in [0.1, 0.15) is 30.0 Å². The quantitative estimate of drug-likeness (QED) is 0.357. The number of para-hydroxylation sites is 2. The molecule has 3 amide bonds. The minimum absolute atomic E-state index is 0.0940. The second-order valence-corrected chi connectivity index (χ2v) is 11.5. The summed E-state index contributed by atoms with van der Waals surface area (Å²) in [6.45, 7) is 2.32. The third kappa shape index (κ3) is 7.06. The molecule has 240 valence electrons. The first kappa shape index (κ1) is 30.9. The zero-order valence-electron chi connectivity index (χ0n) is 25.8. The Morgan fingerprint density at radius 1 is 1.07 bits per heavy atom. The molecule has 2 aliphatic rings. The lowest BCUT2D eigenvalue weighted by Crippen LogP contribution is -2.59. The van der Waals surface area contributed by atoms with E-state index in [0.29, 0.717) is 36.4 Å². The summed E-state index contributed by atoms with van der Waals surface area (Å²) >= 11 is 0. The summed E-state index contributed by atoms with van der Waals surface area (Å²) in [4.78, 5) is 45.7. The van der Waals surface area contributed by atoms with E-state index in [1.807, 2.05) is 41.8 Å². The van der Waals surface area contributed by atoms with Crippen LogP contribution in [0.1, 0.15) is 29.8 Å². The molecular weight excluding hydrogens is 593 g/mol. The van der Waals surface area contributed by atoms with Crippen LogP contribution in [0.15, 0.2) is 60.7 Å². The molecule has 0 unspecified atom stereocenters. The number of likely N-dealkylation sites (tertiary alicyclic amines) is 1. The monoisotopic (exact) mass is 629 g/mol. The summed E-state index contributed by atoms with van der Waals surface area (Å²) in [7, 11) is 1.51. The number of nitrogens with zero attached hydrogens (tertiary/aromatic N) is 3. The van der Waals surface area contributed by atoms with Gasteiger partial charge in [-0.15, -0.1) is 0 Å². The molecular formula is C34H36FN5O6. The predicted molar refractivity (Wildman–Crippen MR) is 167 cm³/mol. The number of hydrogen-bond donors (Lipinski definition) is 2. The first-order valence-corrected chi connectivity index (χ1v) is 15.3. The first-order chi connectivity index (χ1) is 22.2. The van der Waals surface area contributed by atoms with E-state index >= 15 is 0 Å². The molecule has 11 nitrogen and oxygen atoms in total. The molecule has 1 saturated heterocycles. The molecule has 12 heteroatoms. The Morgan fingerprint density at radius 2 is 1.91 bits per heavy atom. The van der Waals surface area contributed by atoms with Crippen LogP contribution >= 0.6 is 0 Å². The number of aromatic nitrogens is 2. The van der Waals surface area contributed by atoms with Gasteiger partial charge in [0.25, 0.3) is 5.91 Å². The second-order valence-electron chi connectivity index (χ2n) is 11.5. The molecule has 1 fully saturated rings. The summed E-state index contributed by atoms with van der Waals surface area (Å²) in [5.41, 5.74) is 3.05. The molecule has 2 N–H and O–H groups in total. The highest BCUT2D eigenvalue weighted by Crippen LogP contribution is 2.29. The number of ether oxygens (including phenoxy) is 3. The van der Waals surface area contributed by atoms with Crippen molar-refractivity contribution in [3.63, 3.8) is 0 Å². The van der Waals surface area contributed by atoms with Crippen molar-refractivity contribution in [3.05, 3.63) is 83.4 Å². The van der Waals surface area contributed by atoms with Crippen molar-refractivity contribution >= 4 is 28.8 Å². The highest BCUT2D eigenvalue weighted by molar-refractivity contribution is 5.82. The largest absolute Gasteiger partial charge is 0.493 e. The number of rotatable bonds is 3. The van der Waals surface area contributed by atoms with Crippen molar-refractivity contribution in [2.75, 3.05) is 26.8 Å². The van der Waals surface area contributed by atoms with Crippen LogP contribution in [0, 0.1) is 12.7 Å². The SMILES string of the molecule is COc1ccc2cc1OCC(=O)N[C@@H]1CN(C(=O)Cn3c(C)nc4ccccc43)CC[C@H]1Oc1cc(F)cc(c1)CNC(=O)CC2. The zero-order valence-corrected chi connectivity index (χ0v) is 25.8. The van der Waals surface area contributed by atoms with Crippen LogP contribution in [0.3, 0.4) is 0 Å². The minimum Gasteiger partial charge on any atom is -0.493 e. The average molecular weight is 630 g/mol. The number of carbonyl (C=O) groups excluding carboxylic acids is 3.